The Morgan fingerprint density at radius 1 is 1.08 bits per heavy atom. The minimum Gasteiger partial charge on any atom is -0.354 e. The number of hydrogen-bond donors (Lipinski definition) is 2. The Bertz CT molecular complexity index is 877. The molecule has 3 aliphatic rings. The van der Waals surface area contributed by atoms with Gasteiger partial charge in [0.1, 0.15) is 4.90 Å². The van der Waals surface area contributed by atoms with Gasteiger partial charge in [-0.15, -0.1) is 0 Å². The molecule has 0 spiro atoms. The lowest BCUT2D eigenvalue weighted by atomic mass is 9.96. The third-order valence-corrected chi connectivity index (χ3v) is 8.32. The molecule has 9 heteroatoms. The van der Waals surface area contributed by atoms with Crippen LogP contribution in [-0.4, -0.2) is 35.6 Å². The highest BCUT2D eigenvalue weighted by atomic mass is 32.2. The first-order valence-electron chi connectivity index (χ1n) is 8.82. The van der Waals surface area contributed by atoms with Crippen LogP contribution in [0.3, 0.4) is 0 Å². The standard InChI is InChI=1S/C16H23N3O4S2/c20-24(21,17-12-5-2-1-3-6-12)13-8-9-14-15(11-13)25(22,23)18-16-7-4-10-19(14)16/h8-9,11-12,16-18H,1-7,10H2. The van der Waals surface area contributed by atoms with Crippen molar-refractivity contribution in [1.82, 2.24) is 9.44 Å². The molecule has 138 valence electrons. The molecule has 2 aliphatic heterocycles. The van der Waals surface area contributed by atoms with Crippen LogP contribution in [0.2, 0.25) is 0 Å². The van der Waals surface area contributed by atoms with Crippen LogP contribution in [0.1, 0.15) is 44.9 Å². The number of rotatable bonds is 3. The van der Waals surface area contributed by atoms with E-state index in [1.54, 1.807) is 6.07 Å². The molecule has 1 atom stereocenters. The molecule has 1 saturated carbocycles. The molecule has 0 amide bonds. The highest BCUT2D eigenvalue weighted by molar-refractivity contribution is 7.90. The van der Waals surface area contributed by atoms with Crippen LogP contribution in [0.5, 0.6) is 0 Å². The van der Waals surface area contributed by atoms with Crippen molar-refractivity contribution in [2.75, 3.05) is 11.4 Å². The molecule has 2 N–H and O–H groups in total. The number of nitrogens with zero attached hydrogens (tertiary/aromatic N) is 1. The number of fused-ring (bicyclic) bond motifs is 3. The normalized spacial score (nSPS) is 26.2. The minimum atomic E-state index is -3.73. The summed E-state index contributed by atoms with van der Waals surface area (Å²) in [6.45, 7) is 0.770. The van der Waals surface area contributed by atoms with E-state index in [4.69, 9.17) is 0 Å². The van der Waals surface area contributed by atoms with Gasteiger partial charge < -0.3 is 4.90 Å². The fraction of sp³-hybridized carbons (Fsp3) is 0.625. The lowest BCUT2D eigenvalue weighted by molar-refractivity contribution is 0.412. The molecule has 2 fully saturated rings. The smallest absolute Gasteiger partial charge is 0.244 e. The minimum absolute atomic E-state index is 0.0137. The average Bonchev–Trinajstić information content (AvgIpc) is 3.02. The van der Waals surface area contributed by atoms with E-state index in [9.17, 15) is 16.8 Å². The maximum atomic E-state index is 12.7. The summed E-state index contributed by atoms with van der Waals surface area (Å²) in [4.78, 5) is 2.07. The van der Waals surface area contributed by atoms with E-state index >= 15 is 0 Å². The first-order chi connectivity index (χ1) is 11.9. The second-order valence-corrected chi connectivity index (χ2v) is 10.5. The molecule has 25 heavy (non-hydrogen) atoms. The zero-order valence-corrected chi connectivity index (χ0v) is 15.6. The first-order valence-corrected chi connectivity index (χ1v) is 11.8. The summed E-state index contributed by atoms with van der Waals surface area (Å²) in [5.74, 6) is 0. The summed E-state index contributed by atoms with van der Waals surface area (Å²) in [5.41, 5.74) is 0.595. The zero-order chi connectivity index (χ0) is 17.7. The van der Waals surface area contributed by atoms with E-state index in [0.717, 1.165) is 51.5 Å². The third kappa shape index (κ3) is 3.18. The number of sulfonamides is 2. The van der Waals surface area contributed by atoms with E-state index < -0.39 is 20.0 Å². The van der Waals surface area contributed by atoms with Gasteiger partial charge in [0.05, 0.1) is 16.7 Å². The van der Waals surface area contributed by atoms with Crippen LogP contribution in [0.4, 0.5) is 5.69 Å². The maximum Gasteiger partial charge on any atom is 0.244 e. The monoisotopic (exact) mass is 385 g/mol. The molecule has 1 saturated heterocycles. The predicted molar refractivity (Wildman–Crippen MR) is 94.3 cm³/mol. The Balaban J connectivity index is 1.68. The molecule has 0 bridgehead atoms. The van der Waals surface area contributed by atoms with Crippen molar-refractivity contribution in [2.24, 2.45) is 0 Å². The van der Waals surface area contributed by atoms with Crippen LogP contribution < -0.4 is 14.3 Å². The number of hydrogen-bond acceptors (Lipinski definition) is 5. The van der Waals surface area contributed by atoms with Gasteiger partial charge in [0.2, 0.25) is 20.0 Å². The Labute approximate surface area is 148 Å². The van der Waals surface area contributed by atoms with Crippen molar-refractivity contribution in [3.05, 3.63) is 18.2 Å². The van der Waals surface area contributed by atoms with Crippen LogP contribution in [0.15, 0.2) is 28.0 Å². The average molecular weight is 386 g/mol. The summed E-state index contributed by atoms with van der Waals surface area (Å²) in [6.07, 6.45) is 6.30. The van der Waals surface area contributed by atoms with Crippen LogP contribution in [-0.2, 0) is 20.0 Å². The fourth-order valence-corrected chi connectivity index (χ4v) is 6.92. The van der Waals surface area contributed by atoms with Gasteiger partial charge in [-0.25, -0.2) is 21.6 Å². The summed E-state index contributed by atoms with van der Waals surface area (Å²) >= 11 is 0. The summed E-state index contributed by atoms with van der Waals surface area (Å²) in [7, 11) is -7.42. The van der Waals surface area contributed by atoms with Crippen molar-refractivity contribution in [3.63, 3.8) is 0 Å². The Hall–Kier alpha value is -1.16. The molecular formula is C16H23N3O4S2. The molecule has 0 aromatic heterocycles. The quantitative estimate of drug-likeness (QED) is 0.822. The summed E-state index contributed by atoms with van der Waals surface area (Å²) in [6, 6.07) is 4.37. The van der Waals surface area contributed by atoms with E-state index in [1.165, 1.54) is 12.1 Å². The van der Waals surface area contributed by atoms with Gasteiger partial charge in [0, 0.05) is 12.6 Å². The molecule has 1 aromatic carbocycles. The lowest BCUT2D eigenvalue weighted by Gasteiger charge is -2.34. The van der Waals surface area contributed by atoms with Crippen molar-refractivity contribution in [1.29, 1.82) is 0 Å². The topological polar surface area (TPSA) is 95.6 Å². The van der Waals surface area contributed by atoms with Gasteiger partial charge in [-0.3, -0.25) is 0 Å². The number of benzene rings is 1. The highest BCUT2D eigenvalue weighted by Gasteiger charge is 2.38. The van der Waals surface area contributed by atoms with Gasteiger partial charge in [-0.05, 0) is 43.9 Å². The van der Waals surface area contributed by atoms with Gasteiger partial charge in [0.25, 0.3) is 0 Å². The molecule has 1 aromatic rings. The van der Waals surface area contributed by atoms with Gasteiger partial charge in [0.15, 0.2) is 0 Å². The SMILES string of the molecule is O=S(=O)(NC1CCCCC1)c1ccc2c(c1)S(=O)(=O)NC1CCCN21. The van der Waals surface area contributed by atoms with Crippen molar-refractivity contribution in [3.8, 4) is 0 Å². The number of nitrogens with one attached hydrogen (secondary N) is 2. The second kappa shape index (κ2) is 6.22. The zero-order valence-electron chi connectivity index (χ0n) is 13.9. The van der Waals surface area contributed by atoms with Crippen molar-refractivity contribution in [2.45, 2.75) is 66.9 Å². The fourth-order valence-electron chi connectivity index (χ4n) is 4.04. The highest BCUT2D eigenvalue weighted by Crippen LogP contribution is 2.36. The lowest BCUT2D eigenvalue weighted by Crippen LogP contribution is -2.49. The Morgan fingerprint density at radius 2 is 1.84 bits per heavy atom. The summed E-state index contributed by atoms with van der Waals surface area (Å²) < 4.78 is 55.8. The Kier molecular flexibility index (Phi) is 4.30. The molecule has 1 unspecified atom stereocenters. The van der Waals surface area contributed by atoms with Gasteiger partial charge >= 0.3 is 0 Å². The van der Waals surface area contributed by atoms with Gasteiger partial charge in [-0.1, -0.05) is 19.3 Å². The van der Waals surface area contributed by atoms with E-state index in [1.807, 2.05) is 4.90 Å². The van der Waals surface area contributed by atoms with E-state index in [0.29, 0.717) is 5.69 Å². The molecule has 4 rings (SSSR count). The van der Waals surface area contributed by atoms with E-state index in [-0.39, 0.29) is 22.0 Å². The molecule has 1 aliphatic carbocycles. The van der Waals surface area contributed by atoms with E-state index in [2.05, 4.69) is 9.44 Å². The van der Waals surface area contributed by atoms with Crippen molar-refractivity contribution < 1.29 is 16.8 Å². The molecule has 0 radical (unpaired) electrons. The third-order valence-electron chi connectivity index (χ3n) is 5.31. The number of anilines is 1. The summed E-state index contributed by atoms with van der Waals surface area (Å²) in [5, 5.41) is 0. The van der Waals surface area contributed by atoms with Crippen LogP contribution in [0, 0.1) is 0 Å². The predicted octanol–water partition coefficient (Wildman–Crippen LogP) is 1.52. The molecule has 7 nitrogen and oxygen atoms in total. The maximum absolute atomic E-state index is 12.7. The Morgan fingerprint density at radius 3 is 2.60 bits per heavy atom. The first kappa shape index (κ1) is 17.3. The second-order valence-electron chi connectivity index (χ2n) is 7.06. The largest absolute Gasteiger partial charge is 0.354 e. The van der Waals surface area contributed by atoms with Crippen LogP contribution >= 0.6 is 0 Å². The molecule has 2 heterocycles. The van der Waals surface area contributed by atoms with Gasteiger partial charge in [-0.2, -0.15) is 4.72 Å². The van der Waals surface area contributed by atoms with Crippen LogP contribution in [0.25, 0.3) is 0 Å². The molecular weight excluding hydrogens is 362 g/mol. The van der Waals surface area contributed by atoms with Crippen molar-refractivity contribution >= 4 is 25.7 Å².